The van der Waals surface area contributed by atoms with Crippen molar-refractivity contribution < 1.29 is 42.0 Å². The molecule has 1 unspecified atom stereocenters. The van der Waals surface area contributed by atoms with Gasteiger partial charge in [0, 0.05) is 13.3 Å². The highest BCUT2D eigenvalue weighted by Crippen LogP contribution is 2.25. The number of carbonyl (C=O) groups is 1. The molecule has 144 valence electrons. The minimum atomic E-state index is -2.15. The summed E-state index contributed by atoms with van der Waals surface area (Å²) in [6, 6.07) is -0.641. The molecule has 0 aliphatic heterocycles. The minimum absolute atomic E-state index is 0.0436. The zero-order valence-electron chi connectivity index (χ0n) is 13.9. The van der Waals surface area contributed by atoms with Crippen molar-refractivity contribution in [3.63, 3.8) is 0 Å². The van der Waals surface area contributed by atoms with E-state index < -0.39 is 58.8 Å². The van der Waals surface area contributed by atoms with Crippen molar-refractivity contribution in [3.05, 3.63) is 40.5 Å². The Morgan fingerprint density at radius 3 is 2.46 bits per heavy atom. The van der Waals surface area contributed by atoms with Crippen molar-refractivity contribution in [2.45, 2.75) is 13.0 Å². The maximum Gasteiger partial charge on any atom is 0.343 e. The van der Waals surface area contributed by atoms with E-state index >= 15 is 0 Å². The average molecular weight is 379 g/mol. The zero-order chi connectivity index (χ0) is 19.9. The number of benzene rings is 1. The fourth-order valence-electron chi connectivity index (χ4n) is 1.82. The highest BCUT2D eigenvalue weighted by molar-refractivity contribution is 6.15. The van der Waals surface area contributed by atoms with E-state index in [4.69, 9.17) is 9.84 Å². The van der Waals surface area contributed by atoms with Gasteiger partial charge in [-0.15, -0.1) is 0 Å². The van der Waals surface area contributed by atoms with Crippen LogP contribution in [0.25, 0.3) is 5.76 Å². The Bertz CT molecular complexity index is 721. The summed E-state index contributed by atoms with van der Waals surface area (Å²) in [5.41, 5.74) is -1.84. The number of nitrogens with zero attached hydrogens (tertiary/aromatic N) is 1. The van der Waals surface area contributed by atoms with E-state index in [2.05, 4.69) is 9.73 Å². The smallest absolute Gasteiger partial charge is 0.343 e. The third-order valence-electron chi connectivity index (χ3n) is 3.09. The summed E-state index contributed by atoms with van der Waals surface area (Å²) < 4.78 is 63.1. The number of hydrogen-bond acceptors (Lipinski definition) is 6. The lowest BCUT2D eigenvalue weighted by Crippen LogP contribution is -2.19. The molecule has 2 N–H and O–H groups in total. The molecule has 6 nitrogen and oxygen atoms in total. The SMILES string of the molecule is CCOC(=O)/C(C=NC(CO)COC)=C(\O)c1cc(F)c(F)c(F)c1F. The summed E-state index contributed by atoms with van der Waals surface area (Å²) in [4.78, 5) is 15.7. The van der Waals surface area contributed by atoms with Crippen LogP contribution in [0, 0.1) is 23.3 Å². The fraction of sp³-hybridized carbons (Fsp3) is 0.375. The molecule has 0 amide bonds. The van der Waals surface area contributed by atoms with Crippen LogP contribution in [-0.4, -0.2) is 55.4 Å². The minimum Gasteiger partial charge on any atom is -0.506 e. The van der Waals surface area contributed by atoms with Gasteiger partial charge in [-0.05, 0) is 13.0 Å². The number of halogens is 4. The standard InChI is InChI=1S/C16H17F4NO5/c1-3-26-16(24)10(5-21-8(6-22)7-25-2)15(23)9-4-11(17)13(19)14(20)12(9)18/h4-5,8,22-23H,3,6-7H2,1-2H3/b15-10-,21-5?. The summed E-state index contributed by atoms with van der Waals surface area (Å²) >= 11 is 0. The molecule has 10 heteroatoms. The van der Waals surface area contributed by atoms with E-state index in [0.29, 0.717) is 0 Å². The van der Waals surface area contributed by atoms with E-state index in [1.807, 2.05) is 0 Å². The molecular weight excluding hydrogens is 362 g/mol. The van der Waals surface area contributed by atoms with Crippen molar-refractivity contribution >= 4 is 17.9 Å². The van der Waals surface area contributed by atoms with Gasteiger partial charge in [0.15, 0.2) is 23.3 Å². The van der Waals surface area contributed by atoms with Crippen LogP contribution in [0.4, 0.5) is 17.6 Å². The Kier molecular flexibility index (Phi) is 8.20. The molecule has 0 spiro atoms. The lowest BCUT2D eigenvalue weighted by atomic mass is 10.1. The third-order valence-corrected chi connectivity index (χ3v) is 3.09. The summed E-state index contributed by atoms with van der Waals surface area (Å²) in [6.45, 7) is 0.802. The summed E-state index contributed by atoms with van der Waals surface area (Å²) in [6.07, 6.45) is 0.742. The van der Waals surface area contributed by atoms with Crippen molar-refractivity contribution in [2.24, 2.45) is 4.99 Å². The lowest BCUT2D eigenvalue weighted by Gasteiger charge is -2.11. The predicted octanol–water partition coefficient (Wildman–Crippen LogP) is 2.15. The fourth-order valence-corrected chi connectivity index (χ4v) is 1.82. The number of aliphatic hydroxyl groups is 2. The Morgan fingerprint density at radius 1 is 1.27 bits per heavy atom. The first-order valence-corrected chi connectivity index (χ1v) is 7.35. The summed E-state index contributed by atoms with van der Waals surface area (Å²) in [5, 5.41) is 19.2. The number of carbonyl (C=O) groups excluding carboxylic acids is 1. The number of ether oxygens (including phenoxy) is 2. The first kappa shape index (κ1) is 21.6. The zero-order valence-corrected chi connectivity index (χ0v) is 13.9. The van der Waals surface area contributed by atoms with Crippen LogP contribution in [0.3, 0.4) is 0 Å². The van der Waals surface area contributed by atoms with Gasteiger partial charge < -0.3 is 19.7 Å². The Morgan fingerprint density at radius 2 is 1.92 bits per heavy atom. The van der Waals surface area contributed by atoms with E-state index in [-0.39, 0.29) is 19.3 Å². The number of aliphatic hydroxyl groups excluding tert-OH is 2. The number of aliphatic imine (C=N–C) groups is 1. The van der Waals surface area contributed by atoms with Crippen LogP contribution in [0.15, 0.2) is 16.6 Å². The second kappa shape index (κ2) is 9.88. The molecule has 1 aromatic rings. The molecule has 0 bridgehead atoms. The molecule has 1 aromatic carbocycles. The lowest BCUT2D eigenvalue weighted by molar-refractivity contribution is -0.137. The second-order valence-corrected chi connectivity index (χ2v) is 4.90. The molecule has 0 aliphatic carbocycles. The van der Waals surface area contributed by atoms with Gasteiger partial charge in [-0.2, -0.15) is 0 Å². The van der Waals surface area contributed by atoms with Gasteiger partial charge in [0.05, 0.1) is 31.4 Å². The largest absolute Gasteiger partial charge is 0.506 e. The molecule has 0 radical (unpaired) electrons. The first-order valence-electron chi connectivity index (χ1n) is 7.35. The van der Waals surface area contributed by atoms with Gasteiger partial charge >= 0.3 is 5.97 Å². The van der Waals surface area contributed by atoms with E-state index in [9.17, 15) is 27.5 Å². The Hall–Kier alpha value is -2.46. The van der Waals surface area contributed by atoms with Crippen LogP contribution in [-0.2, 0) is 14.3 Å². The maximum absolute atomic E-state index is 13.9. The van der Waals surface area contributed by atoms with Gasteiger partial charge in [-0.1, -0.05) is 0 Å². The van der Waals surface area contributed by atoms with Crippen LogP contribution in [0.5, 0.6) is 0 Å². The first-order chi connectivity index (χ1) is 12.3. The van der Waals surface area contributed by atoms with E-state index in [1.54, 1.807) is 0 Å². The Labute approximate surface area is 146 Å². The molecule has 0 aromatic heterocycles. The van der Waals surface area contributed by atoms with Crippen LogP contribution in [0.1, 0.15) is 12.5 Å². The van der Waals surface area contributed by atoms with Gasteiger partial charge in [-0.3, -0.25) is 4.99 Å². The average Bonchev–Trinajstić information content (AvgIpc) is 2.62. The molecule has 1 rings (SSSR count). The number of rotatable bonds is 8. The normalized spacial score (nSPS) is 13.7. The quantitative estimate of drug-likeness (QED) is 0.137. The van der Waals surface area contributed by atoms with E-state index in [0.717, 1.165) is 6.21 Å². The molecule has 1 atom stereocenters. The van der Waals surface area contributed by atoms with Crippen molar-refractivity contribution in [2.75, 3.05) is 26.9 Å². The van der Waals surface area contributed by atoms with Crippen LogP contribution >= 0.6 is 0 Å². The van der Waals surface area contributed by atoms with E-state index in [1.165, 1.54) is 14.0 Å². The highest BCUT2D eigenvalue weighted by Gasteiger charge is 2.25. The summed E-state index contributed by atoms with van der Waals surface area (Å²) in [7, 11) is 1.33. The number of hydrogen-bond donors (Lipinski definition) is 2. The van der Waals surface area contributed by atoms with Crippen LogP contribution < -0.4 is 0 Å². The molecule has 0 heterocycles. The second-order valence-electron chi connectivity index (χ2n) is 4.90. The van der Waals surface area contributed by atoms with Gasteiger partial charge in [0.1, 0.15) is 11.3 Å². The molecule has 0 fully saturated rings. The maximum atomic E-state index is 13.9. The predicted molar refractivity (Wildman–Crippen MR) is 83.7 cm³/mol. The van der Waals surface area contributed by atoms with Crippen molar-refractivity contribution in [1.29, 1.82) is 0 Å². The van der Waals surface area contributed by atoms with Crippen molar-refractivity contribution in [3.8, 4) is 0 Å². The third kappa shape index (κ3) is 5.02. The molecule has 0 saturated heterocycles. The molecule has 0 saturated carbocycles. The van der Waals surface area contributed by atoms with Gasteiger partial charge in [-0.25, -0.2) is 22.4 Å². The van der Waals surface area contributed by atoms with Gasteiger partial charge in [0.25, 0.3) is 0 Å². The molecule has 26 heavy (non-hydrogen) atoms. The monoisotopic (exact) mass is 379 g/mol. The summed E-state index contributed by atoms with van der Waals surface area (Å²) in [5.74, 6) is -10.3. The Balaban J connectivity index is 3.49. The molecular formula is C16H17F4NO5. The van der Waals surface area contributed by atoms with Crippen LogP contribution in [0.2, 0.25) is 0 Å². The molecule has 0 aliphatic rings. The number of esters is 1. The van der Waals surface area contributed by atoms with Gasteiger partial charge in [0.2, 0.25) is 0 Å². The van der Waals surface area contributed by atoms with Crippen molar-refractivity contribution in [1.82, 2.24) is 0 Å². The highest BCUT2D eigenvalue weighted by atomic mass is 19.2. The topological polar surface area (TPSA) is 88.4 Å². The number of methoxy groups -OCH3 is 1.